The van der Waals surface area contributed by atoms with Gasteiger partial charge in [0.05, 0.1) is 24.1 Å². The predicted molar refractivity (Wildman–Crippen MR) is 80.1 cm³/mol. The van der Waals surface area contributed by atoms with Crippen LogP contribution in [0.1, 0.15) is 30.5 Å². The van der Waals surface area contributed by atoms with Crippen molar-refractivity contribution in [2.75, 3.05) is 0 Å². The van der Waals surface area contributed by atoms with Gasteiger partial charge in [-0.3, -0.25) is 4.79 Å². The van der Waals surface area contributed by atoms with Crippen molar-refractivity contribution >= 4 is 5.91 Å². The second-order valence-corrected chi connectivity index (χ2v) is 6.45. The lowest BCUT2D eigenvalue weighted by atomic mass is 9.79. The SMILES string of the molecule is O=C(CC1CC(F)(F)C1)N1Cc2cnn(-c3ccccc3)c2C1. The van der Waals surface area contributed by atoms with Crippen LogP contribution in [0.15, 0.2) is 36.5 Å². The van der Waals surface area contributed by atoms with Gasteiger partial charge in [0.15, 0.2) is 0 Å². The van der Waals surface area contributed by atoms with Gasteiger partial charge in [-0.2, -0.15) is 5.10 Å². The number of rotatable bonds is 3. The third-order valence-electron chi connectivity index (χ3n) is 4.65. The van der Waals surface area contributed by atoms with E-state index in [-0.39, 0.29) is 31.1 Å². The first-order chi connectivity index (χ1) is 11.0. The number of carbonyl (C=O) groups is 1. The molecule has 0 bridgehead atoms. The van der Waals surface area contributed by atoms with Crippen LogP contribution < -0.4 is 0 Å². The number of halogens is 2. The Morgan fingerprint density at radius 1 is 1.22 bits per heavy atom. The number of alkyl halides is 2. The fraction of sp³-hybridized carbons (Fsp3) is 0.412. The molecule has 0 N–H and O–H groups in total. The minimum Gasteiger partial charge on any atom is -0.332 e. The second-order valence-electron chi connectivity index (χ2n) is 6.45. The maximum absolute atomic E-state index is 12.9. The minimum atomic E-state index is -2.56. The quantitative estimate of drug-likeness (QED) is 0.872. The predicted octanol–water partition coefficient (Wildman–Crippen LogP) is 3.15. The number of benzene rings is 1. The molecule has 4 nitrogen and oxygen atoms in total. The van der Waals surface area contributed by atoms with Crippen LogP contribution in [0.3, 0.4) is 0 Å². The average Bonchev–Trinajstić information content (AvgIpc) is 3.06. The van der Waals surface area contributed by atoms with Crippen LogP contribution in [-0.2, 0) is 17.9 Å². The lowest BCUT2D eigenvalue weighted by Crippen LogP contribution is -2.39. The van der Waals surface area contributed by atoms with Gasteiger partial charge in [0, 0.05) is 31.4 Å². The summed E-state index contributed by atoms with van der Waals surface area (Å²) >= 11 is 0. The molecule has 0 spiro atoms. The standard InChI is InChI=1S/C17H17F2N3O/c18-17(19)7-12(8-17)6-16(23)21-10-13-9-20-22(15(13)11-21)14-4-2-1-3-5-14/h1-5,9,12H,6-8,10-11H2. The second kappa shape index (κ2) is 5.15. The van der Waals surface area contributed by atoms with Crippen molar-refractivity contribution in [1.82, 2.24) is 14.7 Å². The van der Waals surface area contributed by atoms with Crippen LogP contribution in [0.25, 0.3) is 5.69 Å². The highest BCUT2D eigenvalue weighted by molar-refractivity contribution is 5.77. The maximum atomic E-state index is 12.9. The van der Waals surface area contributed by atoms with Gasteiger partial charge in [0.1, 0.15) is 0 Å². The monoisotopic (exact) mass is 317 g/mol. The summed E-state index contributed by atoms with van der Waals surface area (Å²) in [4.78, 5) is 14.1. The van der Waals surface area contributed by atoms with E-state index in [0.29, 0.717) is 13.1 Å². The Balaban J connectivity index is 1.44. The molecule has 1 saturated carbocycles. The fourth-order valence-electron chi connectivity index (χ4n) is 3.42. The first-order valence-corrected chi connectivity index (χ1v) is 7.79. The highest BCUT2D eigenvalue weighted by Crippen LogP contribution is 2.44. The molecule has 2 aromatic rings. The molecule has 23 heavy (non-hydrogen) atoms. The topological polar surface area (TPSA) is 38.1 Å². The van der Waals surface area contributed by atoms with Crippen LogP contribution in [-0.4, -0.2) is 26.5 Å². The van der Waals surface area contributed by atoms with Crippen molar-refractivity contribution in [2.24, 2.45) is 5.92 Å². The Labute approximate surface area is 132 Å². The van der Waals surface area contributed by atoms with E-state index in [0.717, 1.165) is 16.9 Å². The molecule has 1 amide bonds. The molecule has 2 heterocycles. The van der Waals surface area contributed by atoms with Gasteiger partial charge in [-0.05, 0) is 18.1 Å². The molecule has 6 heteroatoms. The molecule has 1 aliphatic carbocycles. The van der Waals surface area contributed by atoms with E-state index in [4.69, 9.17) is 0 Å². The van der Waals surface area contributed by atoms with E-state index < -0.39 is 5.92 Å². The molecule has 1 aliphatic heterocycles. The number of aromatic nitrogens is 2. The Bertz CT molecular complexity index is 734. The maximum Gasteiger partial charge on any atom is 0.248 e. The van der Waals surface area contributed by atoms with E-state index in [1.807, 2.05) is 35.0 Å². The molecule has 0 atom stereocenters. The van der Waals surface area contributed by atoms with Crippen LogP contribution in [0.4, 0.5) is 8.78 Å². The molecular weight excluding hydrogens is 300 g/mol. The summed E-state index contributed by atoms with van der Waals surface area (Å²) in [5, 5.41) is 4.39. The summed E-state index contributed by atoms with van der Waals surface area (Å²) in [6.07, 6.45) is 1.69. The van der Waals surface area contributed by atoms with Gasteiger partial charge in [0.2, 0.25) is 11.8 Å². The van der Waals surface area contributed by atoms with Crippen LogP contribution in [0.2, 0.25) is 0 Å². The molecule has 1 fully saturated rings. The van der Waals surface area contributed by atoms with Gasteiger partial charge in [-0.25, -0.2) is 13.5 Å². The number of hydrogen-bond acceptors (Lipinski definition) is 2. The van der Waals surface area contributed by atoms with Crippen molar-refractivity contribution in [3.63, 3.8) is 0 Å². The van der Waals surface area contributed by atoms with Crippen molar-refractivity contribution in [3.8, 4) is 5.69 Å². The van der Waals surface area contributed by atoms with Crippen LogP contribution in [0, 0.1) is 5.92 Å². The fourth-order valence-corrected chi connectivity index (χ4v) is 3.42. The number of para-hydroxylation sites is 1. The Morgan fingerprint density at radius 3 is 2.65 bits per heavy atom. The first-order valence-electron chi connectivity index (χ1n) is 7.79. The van der Waals surface area contributed by atoms with Crippen molar-refractivity contribution in [2.45, 2.75) is 38.3 Å². The van der Waals surface area contributed by atoms with Crippen molar-refractivity contribution in [3.05, 3.63) is 47.8 Å². The molecule has 0 radical (unpaired) electrons. The number of nitrogens with zero attached hydrogens (tertiary/aromatic N) is 3. The minimum absolute atomic E-state index is 0.0405. The third-order valence-corrected chi connectivity index (χ3v) is 4.65. The van der Waals surface area contributed by atoms with Gasteiger partial charge < -0.3 is 4.90 Å². The Morgan fingerprint density at radius 2 is 1.96 bits per heavy atom. The number of amides is 1. The molecule has 4 rings (SSSR count). The lowest BCUT2D eigenvalue weighted by molar-refractivity contribution is -0.142. The van der Waals surface area contributed by atoms with E-state index in [1.165, 1.54) is 0 Å². The number of fused-ring (bicyclic) bond motifs is 1. The van der Waals surface area contributed by atoms with E-state index >= 15 is 0 Å². The highest BCUT2D eigenvalue weighted by Gasteiger charge is 2.46. The Kier molecular flexibility index (Phi) is 3.21. The van der Waals surface area contributed by atoms with E-state index in [9.17, 15) is 13.6 Å². The smallest absolute Gasteiger partial charge is 0.248 e. The molecule has 1 aromatic carbocycles. The zero-order chi connectivity index (χ0) is 16.0. The summed E-state index contributed by atoms with van der Waals surface area (Å²) < 4.78 is 27.6. The van der Waals surface area contributed by atoms with Crippen LogP contribution >= 0.6 is 0 Å². The number of carbonyl (C=O) groups excluding carboxylic acids is 1. The Hall–Kier alpha value is -2.24. The summed E-state index contributed by atoms with van der Waals surface area (Å²) in [5.74, 6) is -2.78. The molecule has 120 valence electrons. The summed E-state index contributed by atoms with van der Waals surface area (Å²) in [5.41, 5.74) is 2.99. The highest BCUT2D eigenvalue weighted by atomic mass is 19.3. The average molecular weight is 317 g/mol. The van der Waals surface area contributed by atoms with Gasteiger partial charge in [-0.1, -0.05) is 18.2 Å². The largest absolute Gasteiger partial charge is 0.332 e. The number of hydrogen-bond donors (Lipinski definition) is 0. The van der Waals surface area contributed by atoms with E-state index in [2.05, 4.69) is 5.10 Å². The molecule has 1 aromatic heterocycles. The third kappa shape index (κ3) is 2.62. The molecular formula is C17H17F2N3O. The van der Waals surface area contributed by atoms with Gasteiger partial charge in [-0.15, -0.1) is 0 Å². The zero-order valence-electron chi connectivity index (χ0n) is 12.6. The van der Waals surface area contributed by atoms with Gasteiger partial charge >= 0.3 is 0 Å². The molecule has 0 unspecified atom stereocenters. The lowest BCUT2D eigenvalue weighted by Gasteiger charge is -2.35. The van der Waals surface area contributed by atoms with Crippen molar-refractivity contribution < 1.29 is 13.6 Å². The van der Waals surface area contributed by atoms with E-state index in [1.54, 1.807) is 11.1 Å². The van der Waals surface area contributed by atoms with Crippen molar-refractivity contribution in [1.29, 1.82) is 0 Å². The normalized spacial score (nSPS) is 19.5. The summed E-state index contributed by atoms with van der Waals surface area (Å²) in [6.45, 7) is 1.01. The molecule has 0 saturated heterocycles. The summed E-state index contributed by atoms with van der Waals surface area (Å²) in [6, 6.07) is 9.76. The zero-order valence-corrected chi connectivity index (χ0v) is 12.6. The molecule has 2 aliphatic rings. The summed E-state index contributed by atoms with van der Waals surface area (Å²) in [7, 11) is 0. The van der Waals surface area contributed by atoms with Crippen LogP contribution in [0.5, 0.6) is 0 Å². The first kappa shape index (κ1) is 14.4. The van der Waals surface area contributed by atoms with Gasteiger partial charge in [0.25, 0.3) is 0 Å².